The number of amides is 1. The van der Waals surface area contributed by atoms with E-state index in [2.05, 4.69) is 10.3 Å². The number of thiazole rings is 1. The van der Waals surface area contributed by atoms with Gasteiger partial charge in [0.2, 0.25) is 0 Å². The fraction of sp³-hybridized carbons (Fsp3) is 0.150. The zero-order valence-electron chi connectivity index (χ0n) is 14.8. The fourth-order valence-corrected chi connectivity index (χ4v) is 3.24. The van der Waals surface area contributed by atoms with Crippen LogP contribution in [0, 0.1) is 5.82 Å². The van der Waals surface area contributed by atoms with E-state index in [1.165, 1.54) is 28.4 Å². The number of nitrogens with zero attached hydrogens (tertiary/aromatic N) is 2. The van der Waals surface area contributed by atoms with Gasteiger partial charge in [0.1, 0.15) is 11.5 Å². The van der Waals surface area contributed by atoms with Gasteiger partial charge in [0.25, 0.3) is 5.91 Å². The summed E-state index contributed by atoms with van der Waals surface area (Å²) < 4.78 is 13.0. The van der Waals surface area contributed by atoms with Crippen LogP contribution in [0.15, 0.2) is 60.0 Å². The van der Waals surface area contributed by atoms with Crippen molar-refractivity contribution in [1.29, 1.82) is 0 Å². The van der Waals surface area contributed by atoms with Crippen LogP contribution in [0.2, 0.25) is 0 Å². The molecule has 0 saturated heterocycles. The number of aromatic nitrogens is 1. The van der Waals surface area contributed by atoms with Crippen molar-refractivity contribution in [2.45, 2.75) is 13.0 Å². The smallest absolute Gasteiger partial charge is 0.305 e. The summed E-state index contributed by atoms with van der Waals surface area (Å²) in [4.78, 5) is 29.6. The first kappa shape index (κ1) is 19.5. The molecule has 1 heterocycles. The first-order chi connectivity index (χ1) is 13.5. The Morgan fingerprint density at radius 2 is 1.82 bits per heavy atom. The van der Waals surface area contributed by atoms with Gasteiger partial charge in [0, 0.05) is 24.2 Å². The molecule has 3 aromatic rings. The van der Waals surface area contributed by atoms with E-state index in [1.807, 2.05) is 30.3 Å². The second-order valence-electron chi connectivity index (χ2n) is 6.03. The summed E-state index contributed by atoms with van der Waals surface area (Å²) in [7, 11) is 0. The van der Waals surface area contributed by atoms with Crippen molar-refractivity contribution in [2.24, 2.45) is 0 Å². The van der Waals surface area contributed by atoms with E-state index in [0.29, 0.717) is 17.4 Å². The number of aliphatic carboxylic acids is 1. The van der Waals surface area contributed by atoms with Gasteiger partial charge in [-0.15, -0.1) is 11.3 Å². The molecule has 0 spiro atoms. The number of anilines is 2. The van der Waals surface area contributed by atoms with Crippen LogP contribution in [0.1, 0.15) is 22.5 Å². The molecule has 2 N–H and O–H groups in total. The van der Waals surface area contributed by atoms with Crippen molar-refractivity contribution < 1.29 is 19.1 Å². The lowest BCUT2D eigenvalue weighted by atomic mass is 10.2. The molecule has 0 saturated carbocycles. The summed E-state index contributed by atoms with van der Waals surface area (Å²) in [6, 6.07) is 15.2. The van der Waals surface area contributed by atoms with E-state index in [4.69, 9.17) is 5.11 Å². The molecule has 28 heavy (non-hydrogen) atoms. The highest BCUT2D eigenvalue weighted by Gasteiger charge is 2.20. The second-order valence-corrected chi connectivity index (χ2v) is 6.88. The van der Waals surface area contributed by atoms with Crippen molar-refractivity contribution >= 4 is 34.0 Å². The maximum atomic E-state index is 13.0. The largest absolute Gasteiger partial charge is 0.481 e. The molecule has 1 aromatic heterocycles. The van der Waals surface area contributed by atoms with Crippen molar-refractivity contribution in [3.05, 3.63) is 77.1 Å². The molecule has 0 fully saturated rings. The minimum Gasteiger partial charge on any atom is -0.481 e. The average Bonchev–Trinajstić information content (AvgIpc) is 3.15. The van der Waals surface area contributed by atoms with Gasteiger partial charge < -0.3 is 15.3 Å². The molecule has 0 unspecified atom stereocenters. The number of hydrogen-bond donors (Lipinski definition) is 2. The highest BCUT2D eigenvalue weighted by atomic mass is 32.1. The average molecular weight is 399 g/mol. The first-order valence-electron chi connectivity index (χ1n) is 8.54. The number of benzene rings is 2. The standard InChI is InChI=1S/C20H18FN3O3S/c21-15-6-8-16(9-7-15)22-20-23-17(13-28-20)19(27)24(11-10-18(25)26)12-14-4-2-1-3-5-14/h1-9,13H,10-12H2,(H,22,23)(H,25,26). The lowest BCUT2D eigenvalue weighted by Gasteiger charge is -2.21. The van der Waals surface area contributed by atoms with Crippen molar-refractivity contribution in [1.82, 2.24) is 9.88 Å². The van der Waals surface area contributed by atoms with Crippen LogP contribution in [0.3, 0.4) is 0 Å². The summed E-state index contributed by atoms with van der Waals surface area (Å²) in [6.07, 6.45) is -0.149. The van der Waals surface area contributed by atoms with Crippen LogP contribution in [0.25, 0.3) is 0 Å². The zero-order valence-corrected chi connectivity index (χ0v) is 15.7. The predicted octanol–water partition coefficient (Wildman–Crippen LogP) is 4.14. The van der Waals surface area contributed by atoms with Gasteiger partial charge in [0.15, 0.2) is 5.13 Å². The van der Waals surface area contributed by atoms with Crippen LogP contribution >= 0.6 is 11.3 Å². The monoisotopic (exact) mass is 399 g/mol. The summed E-state index contributed by atoms with van der Waals surface area (Å²) >= 11 is 1.25. The normalized spacial score (nSPS) is 10.5. The summed E-state index contributed by atoms with van der Waals surface area (Å²) in [6.45, 7) is 0.381. The van der Waals surface area contributed by atoms with E-state index < -0.39 is 5.97 Å². The predicted molar refractivity (Wildman–Crippen MR) is 105 cm³/mol. The Labute approximate surface area is 165 Å². The van der Waals surface area contributed by atoms with E-state index in [-0.39, 0.29) is 30.4 Å². The Morgan fingerprint density at radius 1 is 1.11 bits per heavy atom. The lowest BCUT2D eigenvalue weighted by molar-refractivity contribution is -0.137. The van der Waals surface area contributed by atoms with Crippen LogP contribution in [-0.4, -0.2) is 33.4 Å². The molecule has 3 rings (SSSR count). The Hall–Kier alpha value is -3.26. The molecule has 0 atom stereocenters. The van der Waals surface area contributed by atoms with Gasteiger partial charge in [-0.25, -0.2) is 9.37 Å². The fourth-order valence-electron chi connectivity index (χ4n) is 2.53. The maximum absolute atomic E-state index is 13.0. The molecule has 2 aromatic carbocycles. The third-order valence-electron chi connectivity index (χ3n) is 3.92. The van der Waals surface area contributed by atoms with Crippen molar-refractivity contribution in [3.8, 4) is 0 Å². The molecule has 144 valence electrons. The second kappa shape index (κ2) is 9.09. The van der Waals surface area contributed by atoms with Crippen molar-refractivity contribution in [3.63, 3.8) is 0 Å². The van der Waals surface area contributed by atoms with Gasteiger partial charge in [-0.3, -0.25) is 9.59 Å². The van der Waals surface area contributed by atoms with E-state index in [1.54, 1.807) is 17.5 Å². The summed E-state index contributed by atoms with van der Waals surface area (Å²) in [5.41, 5.74) is 1.79. The quantitative estimate of drug-likeness (QED) is 0.595. The van der Waals surface area contributed by atoms with E-state index in [0.717, 1.165) is 5.56 Å². The number of rotatable bonds is 8. The number of carbonyl (C=O) groups excluding carboxylic acids is 1. The number of nitrogens with one attached hydrogen (secondary N) is 1. The maximum Gasteiger partial charge on any atom is 0.305 e. The van der Waals surface area contributed by atoms with Crippen LogP contribution in [-0.2, 0) is 11.3 Å². The van der Waals surface area contributed by atoms with Gasteiger partial charge in [0.05, 0.1) is 6.42 Å². The summed E-state index contributed by atoms with van der Waals surface area (Å²) in [5.74, 6) is -1.65. The van der Waals surface area contributed by atoms with Crippen LogP contribution in [0.5, 0.6) is 0 Å². The first-order valence-corrected chi connectivity index (χ1v) is 9.42. The Balaban J connectivity index is 1.73. The Kier molecular flexibility index (Phi) is 6.33. The Morgan fingerprint density at radius 3 is 2.50 bits per heavy atom. The molecule has 0 bridgehead atoms. The van der Waals surface area contributed by atoms with Gasteiger partial charge in [-0.05, 0) is 29.8 Å². The SMILES string of the molecule is O=C(O)CCN(Cc1ccccc1)C(=O)c1csc(Nc2ccc(F)cc2)n1. The topological polar surface area (TPSA) is 82.5 Å². The number of hydrogen-bond acceptors (Lipinski definition) is 5. The zero-order chi connectivity index (χ0) is 19.9. The molecule has 1 amide bonds. The molecule has 6 nitrogen and oxygen atoms in total. The molecule has 0 aliphatic heterocycles. The molecular weight excluding hydrogens is 381 g/mol. The van der Waals surface area contributed by atoms with Gasteiger partial charge in [-0.1, -0.05) is 30.3 Å². The van der Waals surface area contributed by atoms with Gasteiger partial charge in [-0.2, -0.15) is 0 Å². The third-order valence-corrected chi connectivity index (χ3v) is 4.68. The lowest BCUT2D eigenvalue weighted by Crippen LogP contribution is -2.32. The highest BCUT2D eigenvalue weighted by molar-refractivity contribution is 7.14. The van der Waals surface area contributed by atoms with E-state index >= 15 is 0 Å². The van der Waals surface area contributed by atoms with Crippen molar-refractivity contribution in [2.75, 3.05) is 11.9 Å². The molecule has 0 radical (unpaired) electrons. The molecule has 0 aliphatic carbocycles. The minimum atomic E-state index is -0.970. The molecular formula is C20H18FN3O3S. The summed E-state index contributed by atoms with van der Waals surface area (Å²) in [5, 5.41) is 14.1. The number of halogens is 1. The Bertz CT molecular complexity index is 945. The van der Waals surface area contributed by atoms with Crippen LogP contribution < -0.4 is 5.32 Å². The van der Waals surface area contributed by atoms with E-state index in [9.17, 15) is 14.0 Å². The molecule has 8 heteroatoms. The minimum absolute atomic E-state index is 0.0846. The number of carbonyl (C=O) groups is 2. The van der Waals surface area contributed by atoms with Gasteiger partial charge >= 0.3 is 5.97 Å². The third kappa shape index (κ3) is 5.37. The number of carboxylic acid groups (broad SMARTS) is 1. The van der Waals surface area contributed by atoms with Crippen LogP contribution in [0.4, 0.5) is 15.2 Å². The molecule has 0 aliphatic rings. The number of carboxylic acids is 1. The highest BCUT2D eigenvalue weighted by Crippen LogP contribution is 2.22.